The molecular weight excluding hydrogens is 256 g/mol. The van der Waals surface area contributed by atoms with E-state index in [-0.39, 0.29) is 12.2 Å². The molecule has 1 saturated heterocycles. The molecule has 6 heteroatoms. The molecule has 0 aromatic carbocycles. The second-order valence-corrected chi connectivity index (χ2v) is 5.20. The summed E-state index contributed by atoms with van der Waals surface area (Å²) in [5.74, 6) is 1.22. The third kappa shape index (κ3) is 3.02. The minimum absolute atomic E-state index is 0.236. The molecule has 0 saturated carbocycles. The molecule has 6 nitrogen and oxygen atoms in total. The van der Waals surface area contributed by atoms with Crippen molar-refractivity contribution in [3.63, 3.8) is 0 Å². The van der Waals surface area contributed by atoms with Gasteiger partial charge in [-0.2, -0.15) is 4.98 Å². The first-order valence-electron chi connectivity index (χ1n) is 6.81. The highest BCUT2D eigenvalue weighted by Crippen LogP contribution is 2.17. The van der Waals surface area contributed by atoms with Crippen molar-refractivity contribution in [1.29, 1.82) is 0 Å². The number of nitrogens with zero attached hydrogens (tertiary/aromatic N) is 4. The lowest BCUT2D eigenvalue weighted by atomic mass is 10.2. The molecule has 0 spiro atoms. The predicted octanol–water partition coefficient (Wildman–Crippen LogP) is 1.74. The lowest BCUT2D eigenvalue weighted by Crippen LogP contribution is -2.44. The second kappa shape index (κ2) is 5.68. The van der Waals surface area contributed by atoms with E-state index in [4.69, 9.17) is 9.26 Å². The average Bonchev–Trinajstić information content (AvgIpc) is 2.87. The molecule has 1 aliphatic heterocycles. The highest BCUT2D eigenvalue weighted by Gasteiger charge is 2.23. The summed E-state index contributed by atoms with van der Waals surface area (Å²) in [5.41, 5.74) is 0.867. The van der Waals surface area contributed by atoms with Gasteiger partial charge in [-0.15, -0.1) is 0 Å². The standard InChI is InChI=1S/C14H18N4O2/c1-10-7-18(8-11(2)19-10)9-13-16-14(17-20-13)12-4-3-5-15-6-12/h3-6,10-11H,7-9H2,1-2H3/t10-,11-/m0/s1. The Bertz CT molecular complexity index is 547. The first kappa shape index (κ1) is 13.2. The van der Waals surface area contributed by atoms with E-state index in [0.717, 1.165) is 18.7 Å². The number of hydrogen-bond acceptors (Lipinski definition) is 6. The predicted molar refractivity (Wildman–Crippen MR) is 72.8 cm³/mol. The number of morpholine rings is 1. The summed E-state index contributed by atoms with van der Waals surface area (Å²) < 4.78 is 11.0. The molecule has 0 unspecified atom stereocenters. The van der Waals surface area contributed by atoms with Crippen LogP contribution in [0, 0.1) is 0 Å². The van der Waals surface area contributed by atoms with Gasteiger partial charge in [0.05, 0.1) is 18.8 Å². The van der Waals surface area contributed by atoms with Crippen molar-refractivity contribution in [2.75, 3.05) is 13.1 Å². The van der Waals surface area contributed by atoms with Crippen LogP contribution in [0.3, 0.4) is 0 Å². The van der Waals surface area contributed by atoms with E-state index in [1.165, 1.54) is 0 Å². The molecule has 2 aromatic heterocycles. The Hall–Kier alpha value is -1.79. The minimum Gasteiger partial charge on any atom is -0.373 e. The fourth-order valence-electron chi connectivity index (χ4n) is 2.54. The van der Waals surface area contributed by atoms with E-state index in [1.54, 1.807) is 12.4 Å². The average molecular weight is 274 g/mol. The van der Waals surface area contributed by atoms with Crippen molar-refractivity contribution >= 4 is 0 Å². The first-order valence-corrected chi connectivity index (χ1v) is 6.81. The highest BCUT2D eigenvalue weighted by atomic mass is 16.5. The maximum atomic E-state index is 5.71. The van der Waals surface area contributed by atoms with Crippen molar-refractivity contribution in [2.24, 2.45) is 0 Å². The van der Waals surface area contributed by atoms with Crippen LogP contribution in [-0.2, 0) is 11.3 Å². The molecule has 0 radical (unpaired) electrons. The largest absolute Gasteiger partial charge is 0.373 e. The molecule has 20 heavy (non-hydrogen) atoms. The Morgan fingerprint density at radius 3 is 2.80 bits per heavy atom. The van der Waals surface area contributed by atoms with Crippen LogP contribution in [0.4, 0.5) is 0 Å². The topological polar surface area (TPSA) is 64.3 Å². The zero-order chi connectivity index (χ0) is 13.9. The Labute approximate surface area is 117 Å². The first-order chi connectivity index (χ1) is 9.70. The summed E-state index contributed by atoms with van der Waals surface area (Å²) >= 11 is 0. The van der Waals surface area contributed by atoms with Crippen LogP contribution < -0.4 is 0 Å². The zero-order valence-corrected chi connectivity index (χ0v) is 11.7. The number of aromatic nitrogens is 3. The van der Waals surface area contributed by atoms with E-state index in [9.17, 15) is 0 Å². The quantitative estimate of drug-likeness (QED) is 0.849. The monoisotopic (exact) mass is 274 g/mol. The van der Waals surface area contributed by atoms with Gasteiger partial charge in [-0.1, -0.05) is 5.16 Å². The van der Waals surface area contributed by atoms with Crippen LogP contribution in [0.25, 0.3) is 11.4 Å². The maximum Gasteiger partial charge on any atom is 0.241 e. The van der Waals surface area contributed by atoms with Gasteiger partial charge in [0.25, 0.3) is 0 Å². The van der Waals surface area contributed by atoms with Gasteiger partial charge in [0.1, 0.15) is 0 Å². The fourth-order valence-corrected chi connectivity index (χ4v) is 2.54. The van der Waals surface area contributed by atoms with Gasteiger partial charge in [0.2, 0.25) is 11.7 Å². The van der Waals surface area contributed by atoms with Crippen LogP contribution in [0.5, 0.6) is 0 Å². The zero-order valence-electron chi connectivity index (χ0n) is 11.7. The van der Waals surface area contributed by atoms with E-state index >= 15 is 0 Å². The molecule has 0 aliphatic carbocycles. The van der Waals surface area contributed by atoms with Crippen LogP contribution in [0.2, 0.25) is 0 Å². The molecule has 0 N–H and O–H groups in total. The molecule has 2 aromatic rings. The molecule has 106 valence electrons. The van der Waals surface area contributed by atoms with Crippen molar-refractivity contribution in [3.05, 3.63) is 30.4 Å². The molecule has 1 aliphatic rings. The molecular formula is C14H18N4O2. The summed E-state index contributed by atoms with van der Waals surface area (Å²) in [5, 5.41) is 4.01. The van der Waals surface area contributed by atoms with Gasteiger partial charge in [0, 0.05) is 31.0 Å². The molecule has 1 fully saturated rings. The minimum atomic E-state index is 0.236. The van der Waals surface area contributed by atoms with Gasteiger partial charge in [-0.25, -0.2) is 0 Å². The Morgan fingerprint density at radius 1 is 1.30 bits per heavy atom. The summed E-state index contributed by atoms with van der Waals surface area (Å²) in [6.07, 6.45) is 3.92. The lowest BCUT2D eigenvalue weighted by molar-refractivity contribution is -0.0725. The van der Waals surface area contributed by atoms with Crippen LogP contribution >= 0.6 is 0 Å². The van der Waals surface area contributed by atoms with E-state index in [0.29, 0.717) is 18.3 Å². The van der Waals surface area contributed by atoms with Gasteiger partial charge in [-0.3, -0.25) is 9.88 Å². The van der Waals surface area contributed by atoms with E-state index < -0.39 is 0 Å². The Balaban J connectivity index is 1.68. The summed E-state index contributed by atoms with van der Waals surface area (Å²) in [7, 11) is 0. The number of ether oxygens (including phenoxy) is 1. The summed E-state index contributed by atoms with van der Waals surface area (Å²) in [6.45, 7) is 6.59. The van der Waals surface area contributed by atoms with Crippen molar-refractivity contribution in [2.45, 2.75) is 32.6 Å². The SMILES string of the molecule is C[C@H]1CN(Cc2nc(-c3cccnc3)no2)C[C@H](C)O1. The lowest BCUT2D eigenvalue weighted by Gasteiger charge is -2.34. The van der Waals surface area contributed by atoms with Gasteiger partial charge >= 0.3 is 0 Å². The molecule has 2 atom stereocenters. The van der Waals surface area contributed by atoms with E-state index in [2.05, 4.69) is 33.9 Å². The third-order valence-electron chi connectivity index (χ3n) is 3.24. The number of pyridine rings is 1. The number of hydrogen-bond donors (Lipinski definition) is 0. The molecule has 3 rings (SSSR count). The Morgan fingerprint density at radius 2 is 2.10 bits per heavy atom. The molecule has 3 heterocycles. The van der Waals surface area contributed by atoms with Gasteiger partial charge in [0.15, 0.2) is 0 Å². The maximum absolute atomic E-state index is 5.71. The molecule has 0 amide bonds. The third-order valence-corrected chi connectivity index (χ3v) is 3.24. The second-order valence-electron chi connectivity index (χ2n) is 5.20. The summed E-state index contributed by atoms with van der Waals surface area (Å²) in [6, 6.07) is 3.78. The van der Waals surface area contributed by atoms with Crippen LogP contribution in [0.1, 0.15) is 19.7 Å². The van der Waals surface area contributed by atoms with E-state index in [1.807, 2.05) is 12.1 Å². The molecule has 0 bridgehead atoms. The number of rotatable bonds is 3. The fraction of sp³-hybridized carbons (Fsp3) is 0.500. The van der Waals surface area contributed by atoms with Gasteiger partial charge < -0.3 is 9.26 Å². The van der Waals surface area contributed by atoms with Crippen molar-refractivity contribution < 1.29 is 9.26 Å². The van der Waals surface area contributed by atoms with Crippen LogP contribution in [-0.4, -0.2) is 45.3 Å². The van der Waals surface area contributed by atoms with Gasteiger partial charge in [-0.05, 0) is 26.0 Å². The van der Waals surface area contributed by atoms with Crippen molar-refractivity contribution in [3.8, 4) is 11.4 Å². The Kier molecular flexibility index (Phi) is 3.75. The smallest absolute Gasteiger partial charge is 0.241 e. The normalized spacial score (nSPS) is 23.9. The summed E-state index contributed by atoms with van der Waals surface area (Å²) in [4.78, 5) is 10.8. The van der Waals surface area contributed by atoms with Crippen molar-refractivity contribution in [1.82, 2.24) is 20.0 Å². The highest BCUT2D eigenvalue weighted by molar-refractivity contribution is 5.51. The van der Waals surface area contributed by atoms with Crippen LogP contribution in [0.15, 0.2) is 29.0 Å².